The zero-order valence-electron chi connectivity index (χ0n) is 37.5. The van der Waals surface area contributed by atoms with Crippen LogP contribution >= 0.6 is 0 Å². The summed E-state index contributed by atoms with van der Waals surface area (Å²) < 4.78 is 2.26. The van der Waals surface area contributed by atoms with E-state index >= 15 is 0 Å². The lowest BCUT2D eigenvalue weighted by Crippen LogP contribution is -2.03. The van der Waals surface area contributed by atoms with Gasteiger partial charge in [0.15, 0.2) is 0 Å². The Kier molecular flexibility index (Phi) is 11.0. The smallest absolute Gasteiger partial charge is 0.149 e. The number of para-hydroxylation sites is 1. The van der Waals surface area contributed by atoms with E-state index in [0.717, 1.165) is 94.7 Å². The van der Waals surface area contributed by atoms with E-state index in [1.807, 2.05) is 12.3 Å². The van der Waals surface area contributed by atoms with Crippen LogP contribution in [0.5, 0.6) is 5.75 Å². The molecule has 0 atom stereocenters. The van der Waals surface area contributed by atoms with Crippen molar-refractivity contribution in [3.63, 3.8) is 0 Å². The zero-order chi connectivity index (χ0) is 44.6. The second-order valence-electron chi connectivity index (χ2n) is 17.7. The van der Waals surface area contributed by atoms with Gasteiger partial charge in [0.1, 0.15) is 11.6 Å². The van der Waals surface area contributed by atoms with E-state index in [-0.39, 0.29) is 17.6 Å². The van der Waals surface area contributed by atoms with Gasteiger partial charge in [-0.1, -0.05) is 173 Å². The Bertz CT molecular complexity index is 3310. The van der Waals surface area contributed by atoms with Crippen LogP contribution in [0.4, 0.5) is 0 Å². The molecule has 2 heterocycles. The molecule has 316 valence electrons. The third-order valence-electron chi connectivity index (χ3n) is 12.6. The van der Waals surface area contributed by atoms with Crippen LogP contribution in [-0.2, 0) is 0 Å². The topological polar surface area (TPSA) is 50.9 Å². The van der Waals surface area contributed by atoms with Crippen LogP contribution in [0, 0.1) is 6.92 Å². The molecule has 0 saturated carbocycles. The van der Waals surface area contributed by atoms with Gasteiger partial charge in [-0.2, -0.15) is 0 Å². The molecule has 65 heavy (non-hydrogen) atoms. The molecule has 0 aliphatic heterocycles. The number of aromatic nitrogens is 3. The van der Waals surface area contributed by atoms with Gasteiger partial charge in [0, 0.05) is 22.9 Å². The fourth-order valence-corrected chi connectivity index (χ4v) is 9.06. The van der Waals surface area contributed by atoms with Crippen molar-refractivity contribution < 1.29 is 5.11 Å². The average molecular weight is 842 g/mol. The largest absolute Gasteiger partial charge is 0.507 e. The SMILES string of the molecule is Cc1ccc(-n2c(-c3cc(C(C)C)cc(C(C)C)c3O)nc3c(-c4cc(-c5ccccc5)cc(-c5cc(-c6ccc(-c7ccccc7)cc6)ccn5)c4)cccc32)c(-c2ccccc2)c1. The lowest BCUT2D eigenvalue weighted by molar-refractivity contribution is 0.466. The van der Waals surface area contributed by atoms with Gasteiger partial charge >= 0.3 is 0 Å². The first-order chi connectivity index (χ1) is 31.7. The van der Waals surface area contributed by atoms with Gasteiger partial charge in [-0.3, -0.25) is 9.55 Å². The standard InChI is InChI=1S/C61H51N3O/c1-39(2)48-36-53(40(3)4)60(65)55(37-48)61-63-59-52(22-15-23-58(59)64(61)57-29-24-41(5)32-54(57)46-20-13-8-14-21-46)50-33-49(43-18-11-7-12-19-43)34-51(35-50)56-38-47(30-31-62-56)45-27-25-44(26-28-45)42-16-9-6-10-17-42/h6-40,65H,1-5H3. The Morgan fingerprint density at radius 2 is 1.05 bits per heavy atom. The van der Waals surface area contributed by atoms with Gasteiger partial charge < -0.3 is 5.11 Å². The molecule has 8 aromatic carbocycles. The van der Waals surface area contributed by atoms with Crippen LogP contribution in [0.15, 0.2) is 200 Å². The number of hydrogen-bond donors (Lipinski definition) is 1. The highest BCUT2D eigenvalue weighted by molar-refractivity contribution is 5.98. The molecule has 0 unspecified atom stereocenters. The molecule has 10 aromatic rings. The summed E-state index contributed by atoms with van der Waals surface area (Å²) in [4.78, 5) is 10.6. The molecule has 0 aliphatic carbocycles. The predicted octanol–water partition coefficient (Wildman–Crippen LogP) is 16.4. The van der Waals surface area contributed by atoms with Crippen molar-refractivity contribution in [2.75, 3.05) is 0 Å². The van der Waals surface area contributed by atoms with E-state index in [0.29, 0.717) is 5.82 Å². The van der Waals surface area contributed by atoms with Gasteiger partial charge in [-0.05, 0) is 129 Å². The highest BCUT2D eigenvalue weighted by Gasteiger charge is 2.25. The maximum Gasteiger partial charge on any atom is 0.149 e. The van der Waals surface area contributed by atoms with Crippen molar-refractivity contribution in [1.82, 2.24) is 14.5 Å². The maximum atomic E-state index is 12.3. The molecule has 0 amide bonds. The molecule has 0 saturated heterocycles. The second kappa shape index (κ2) is 17.4. The Hall–Kier alpha value is -7.82. The Morgan fingerprint density at radius 3 is 1.71 bits per heavy atom. The van der Waals surface area contributed by atoms with Crippen LogP contribution in [0.1, 0.15) is 56.2 Å². The number of imidazole rings is 1. The van der Waals surface area contributed by atoms with Crippen LogP contribution in [0.3, 0.4) is 0 Å². The van der Waals surface area contributed by atoms with Gasteiger partial charge in [0.2, 0.25) is 0 Å². The summed E-state index contributed by atoms with van der Waals surface area (Å²) in [6.45, 7) is 10.8. The highest BCUT2D eigenvalue weighted by Crippen LogP contribution is 2.44. The predicted molar refractivity (Wildman–Crippen MR) is 271 cm³/mol. The van der Waals surface area contributed by atoms with Gasteiger partial charge in [-0.25, -0.2) is 4.98 Å². The number of phenolic OH excluding ortho intramolecular Hbond substituents is 1. The second-order valence-corrected chi connectivity index (χ2v) is 17.7. The van der Waals surface area contributed by atoms with Gasteiger partial charge in [-0.15, -0.1) is 0 Å². The fraction of sp³-hybridized carbons (Fsp3) is 0.115. The molecular formula is C61H51N3O. The Balaban J connectivity index is 1.20. The molecule has 1 N–H and O–H groups in total. The molecule has 0 bridgehead atoms. The van der Waals surface area contributed by atoms with Crippen LogP contribution < -0.4 is 0 Å². The fourth-order valence-electron chi connectivity index (χ4n) is 9.06. The number of benzene rings is 8. The summed E-state index contributed by atoms with van der Waals surface area (Å²) in [6.07, 6.45) is 1.91. The van der Waals surface area contributed by atoms with Crippen LogP contribution in [0.25, 0.3) is 95.0 Å². The molecule has 0 spiro atoms. The number of aromatic hydroxyl groups is 1. The lowest BCUT2D eigenvalue weighted by Gasteiger charge is -2.19. The van der Waals surface area contributed by atoms with E-state index in [1.165, 1.54) is 11.1 Å². The molecule has 4 heteroatoms. The first-order valence-corrected chi connectivity index (χ1v) is 22.6. The number of nitrogens with zero attached hydrogens (tertiary/aromatic N) is 3. The highest BCUT2D eigenvalue weighted by atomic mass is 16.3. The minimum atomic E-state index is 0.111. The number of fused-ring (bicyclic) bond motifs is 1. The lowest BCUT2D eigenvalue weighted by atomic mass is 9.91. The minimum absolute atomic E-state index is 0.111. The van der Waals surface area contributed by atoms with Crippen molar-refractivity contribution in [3.05, 3.63) is 217 Å². The molecular weight excluding hydrogens is 791 g/mol. The monoisotopic (exact) mass is 841 g/mol. The number of phenols is 1. The number of rotatable bonds is 10. The summed E-state index contributed by atoms with van der Waals surface area (Å²) >= 11 is 0. The number of aryl methyl sites for hydroxylation is 1. The summed E-state index contributed by atoms with van der Waals surface area (Å²) in [6, 6.07) is 68.8. The van der Waals surface area contributed by atoms with Crippen LogP contribution in [0.2, 0.25) is 0 Å². The first-order valence-electron chi connectivity index (χ1n) is 22.6. The van der Waals surface area contributed by atoms with Crippen molar-refractivity contribution in [2.24, 2.45) is 0 Å². The van der Waals surface area contributed by atoms with Crippen molar-refractivity contribution in [2.45, 2.75) is 46.5 Å². The maximum absolute atomic E-state index is 12.3. The molecule has 0 fully saturated rings. The van der Waals surface area contributed by atoms with E-state index < -0.39 is 0 Å². The molecule has 4 nitrogen and oxygen atoms in total. The average Bonchev–Trinajstić information content (AvgIpc) is 3.74. The number of pyridine rings is 1. The van der Waals surface area contributed by atoms with Gasteiger partial charge in [0.25, 0.3) is 0 Å². The van der Waals surface area contributed by atoms with Crippen molar-refractivity contribution >= 4 is 11.0 Å². The minimum Gasteiger partial charge on any atom is -0.507 e. The molecule has 0 radical (unpaired) electrons. The Morgan fingerprint density at radius 1 is 0.446 bits per heavy atom. The molecule has 10 rings (SSSR count). The van der Waals surface area contributed by atoms with Gasteiger partial charge in [0.05, 0.1) is 28.0 Å². The van der Waals surface area contributed by atoms with E-state index in [4.69, 9.17) is 9.97 Å². The Labute approximate surface area is 382 Å². The van der Waals surface area contributed by atoms with Crippen LogP contribution in [-0.4, -0.2) is 19.6 Å². The third kappa shape index (κ3) is 8.04. The van der Waals surface area contributed by atoms with Crippen molar-refractivity contribution in [1.29, 1.82) is 0 Å². The summed E-state index contributed by atoms with van der Waals surface area (Å²) in [7, 11) is 0. The first kappa shape index (κ1) is 41.2. The van der Waals surface area contributed by atoms with E-state index in [9.17, 15) is 5.11 Å². The summed E-state index contributed by atoms with van der Waals surface area (Å²) in [5.74, 6) is 1.33. The molecule has 2 aromatic heterocycles. The normalized spacial score (nSPS) is 11.5. The number of hydrogen-bond acceptors (Lipinski definition) is 3. The summed E-state index contributed by atoms with van der Waals surface area (Å²) in [5, 5.41) is 12.3. The van der Waals surface area contributed by atoms with E-state index in [1.54, 1.807) is 0 Å². The summed E-state index contributed by atoms with van der Waals surface area (Å²) in [5.41, 5.74) is 19.7. The van der Waals surface area contributed by atoms with E-state index in [2.05, 4.69) is 227 Å². The molecule has 0 aliphatic rings. The zero-order valence-corrected chi connectivity index (χ0v) is 37.5. The quantitative estimate of drug-likeness (QED) is 0.149. The van der Waals surface area contributed by atoms with Crippen molar-refractivity contribution in [3.8, 4) is 89.7 Å². The third-order valence-corrected chi connectivity index (χ3v) is 12.6.